The molecule has 0 radical (unpaired) electrons. The first kappa shape index (κ1) is 11.1. The van der Waals surface area contributed by atoms with Gasteiger partial charge in [-0.15, -0.1) is 10.2 Å². The molecule has 0 aromatic carbocycles. The Balaban J connectivity index is 1.87. The second-order valence-electron chi connectivity index (χ2n) is 3.43. The number of aromatic nitrogens is 4. The number of nitrogens with zero attached hydrogens (tertiary/aromatic N) is 4. The molecule has 0 aliphatic heterocycles. The zero-order valence-electron chi connectivity index (χ0n) is 8.89. The number of rotatable bonds is 4. The van der Waals surface area contributed by atoms with Gasteiger partial charge >= 0.3 is 0 Å². The highest BCUT2D eigenvalue weighted by Crippen LogP contribution is 2.13. The molecular weight excluding hydrogens is 270 g/mol. The molecule has 0 saturated heterocycles. The Hall–Kier alpha value is -1.43. The van der Waals surface area contributed by atoms with Crippen molar-refractivity contribution in [2.45, 2.75) is 6.42 Å². The van der Waals surface area contributed by atoms with Crippen LogP contribution >= 0.6 is 15.9 Å². The standard InChI is InChI=1S/C10H12BrN5/c1-16-7-14-15-10(16)2-3-13-9-4-8(11)5-12-6-9/h4-7,13H,2-3H2,1H3. The van der Waals surface area contributed by atoms with Crippen LogP contribution in [-0.4, -0.2) is 26.3 Å². The van der Waals surface area contributed by atoms with E-state index in [0.29, 0.717) is 0 Å². The summed E-state index contributed by atoms with van der Waals surface area (Å²) in [5, 5.41) is 11.1. The van der Waals surface area contributed by atoms with E-state index in [2.05, 4.69) is 36.4 Å². The summed E-state index contributed by atoms with van der Waals surface area (Å²) in [4.78, 5) is 4.07. The van der Waals surface area contributed by atoms with Gasteiger partial charge in [0.2, 0.25) is 0 Å². The lowest BCUT2D eigenvalue weighted by Crippen LogP contribution is -2.08. The predicted molar refractivity (Wildman–Crippen MR) is 65.1 cm³/mol. The Bertz CT molecular complexity index is 468. The molecule has 2 aromatic rings. The molecule has 0 amide bonds. The van der Waals surface area contributed by atoms with Crippen molar-refractivity contribution in [3.63, 3.8) is 0 Å². The molecule has 6 heteroatoms. The molecule has 5 nitrogen and oxygen atoms in total. The molecule has 2 rings (SSSR count). The summed E-state index contributed by atoms with van der Waals surface area (Å²) in [7, 11) is 1.94. The highest BCUT2D eigenvalue weighted by atomic mass is 79.9. The number of halogens is 1. The average Bonchev–Trinajstić information content (AvgIpc) is 2.65. The van der Waals surface area contributed by atoms with Crippen molar-refractivity contribution in [3.8, 4) is 0 Å². The number of nitrogens with one attached hydrogen (secondary N) is 1. The summed E-state index contributed by atoms with van der Waals surface area (Å²) in [5.74, 6) is 0.968. The van der Waals surface area contributed by atoms with E-state index < -0.39 is 0 Å². The topological polar surface area (TPSA) is 55.6 Å². The van der Waals surface area contributed by atoms with Crippen molar-refractivity contribution in [3.05, 3.63) is 35.1 Å². The van der Waals surface area contributed by atoms with Crippen LogP contribution in [0.25, 0.3) is 0 Å². The minimum absolute atomic E-state index is 0.810. The van der Waals surface area contributed by atoms with Gasteiger partial charge in [0.25, 0.3) is 0 Å². The summed E-state index contributed by atoms with van der Waals surface area (Å²) in [5.41, 5.74) is 0.997. The van der Waals surface area contributed by atoms with Gasteiger partial charge < -0.3 is 9.88 Å². The van der Waals surface area contributed by atoms with Crippen molar-refractivity contribution < 1.29 is 0 Å². The molecule has 84 valence electrons. The molecule has 2 aromatic heterocycles. The second-order valence-corrected chi connectivity index (χ2v) is 4.34. The quantitative estimate of drug-likeness (QED) is 0.926. The highest BCUT2D eigenvalue weighted by molar-refractivity contribution is 9.10. The van der Waals surface area contributed by atoms with E-state index in [9.17, 15) is 0 Å². The number of hydrogen-bond donors (Lipinski definition) is 1. The lowest BCUT2D eigenvalue weighted by molar-refractivity contribution is 0.788. The van der Waals surface area contributed by atoms with Crippen molar-refractivity contribution in [1.82, 2.24) is 19.7 Å². The van der Waals surface area contributed by atoms with Crippen LogP contribution in [0.4, 0.5) is 5.69 Å². The predicted octanol–water partition coefficient (Wildman–Crippen LogP) is 1.63. The van der Waals surface area contributed by atoms with Crippen LogP contribution in [0.15, 0.2) is 29.3 Å². The number of hydrogen-bond acceptors (Lipinski definition) is 4. The molecule has 0 aliphatic rings. The van der Waals surface area contributed by atoms with Gasteiger partial charge in [0.15, 0.2) is 0 Å². The van der Waals surface area contributed by atoms with Crippen molar-refractivity contribution in [2.75, 3.05) is 11.9 Å². The maximum Gasteiger partial charge on any atom is 0.134 e. The molecule has 0 saturated carbocycles. The fourth-order valence-corrected chi connectivity index (χ4v) is 1.73. The maximum atomic E-state index is 4.07. The third-order valence-corrected chi connectivity index (χ3v) is 2.62. The lowest BCUT2D eigenvalue weighted by atomic mass is 10.3. The van der Waals surface area contributed by atoms with E-state index in [-0.39, 0.29) is 0 Å². The van der Waals surface area contributed by atoms with Gasteiger partial charge in [0, 0.05) is 30.7 Å². The van der Waals surface area contributed by atoms with Gasteiger partial charge in [-0.05, 0) is 22.0 Å². The second kappa shape index (κ2) is 5.07. The smallest absolute Gasteiger partial charge is 0.134 e. The zero-order chi connectivity index (χ0) is 11.4. The van der Waals surface area contributed by atoms with Crippen molar-refractivity contribution in [1.29, 1.82) is 0 Å². The van der Waals surface area contributed by atoms with Gasteiger partial charge in [0.1, 0.15) is 12.2 Å². The molecule has 0 atom stereocenters. The Morgan fingerprint density at radius 3 is 3.00 bits per heavy atom. The molecule has 16 heavy (non-hydrogen) atoms. The van der Waals surface area contributed by atoms with E-state index in [1.54, 1.807) is 18.7 Å². The molecule has 0 fully saturated rings. The van der Waals surface area contributed by atoms with Gasteiger partial charge in [-0.2, -0.15) is 0 Å². The Morgan fingerprint density at radius 1 is 1.44 bits per heavy atom. The van der Waals surface area contributed by atoms with Gasteiger partial charge in [-0.3, -0.25) is 4.98 Å². The van der Waals surface area contributed by atoms with E-state index >= 15 is 0 Å². The summed E-state index contributed by atoms with van der Waals surface area (Å²) in [6.07, 6.45) is 6.09. The molecular formula is C10H12BrN5. The van der Waals surface area contributed by atoms with Gasteiger partial charge in [-0.1, -0.05) is 0 Å². The molecule has 0 unspecified atom stereocenters. The SMILES string of the molecule is Cn1cnnc1CCNc1cncc(Br)c1. The van der Waals surface area contributed by atoms with Crippen LogP contribution in [0.5, 0.6) is 0 Å². The van der Waals surface area contributed by atoms with E-state index in [1.807, 2.05) is 17.7 Å². The van der Waals surface area contributed by atoms with Crippen LogP contribution < -0.4 is 5.32 Å². The number of aryl methyl sites for hydroxylation is 1. The van der Waals surface area contributed by atoms with Crippen LogP contribution in [0.2, 0.25) is 0 Å². The Labute approximate surface area is 102 Å². The normalized spacial score (nSPS) is 10.4. The summed E-state index contributed by atoms with van der Waals surface area (Å²) in [6, 6.07) is 1.99. The Kier molecular flexibility index (Phi) is 3.51. The maximum absolute atomic E-state index is 4.07. The van der Waals surface area contributed by atoms with Crippen LogP contribution in [0.3, 0.4) is 0 Å². The summed E-state index contributed by atoms with van der Waals surface area (Å²) < 4.78 is 2.89. The van der Waals surface area contributed by atoms with Crippen molar-refractivity contribution >= 4 is 21.6 Å². The van der Waals surface area contributed by atoms with Crippen LogP contribution in [0.1, 0.15) is 5.82 Å². The van der Waals surface area contributed by atoms with E-state index in [4.69, 9.17) is 0 Å². The Morgan fingerprint density at radius 2 is 2.31 bits per heavy atom. The lowest BCUT2D eigenvalue weighted by Gasteiger charge is -2.05. The van der Waals surface area contributed by atoms with Gasteiger partial charge in [0.05, 0.1) is 11.9 Å². The fraction of sp³-hybridized carbons (Fsp3) is 0.300. The van der Waals surface area contributed by atoms with E-state index in [0.717, 1.165) is 29.0 Å². The fourth-order valence-electron chi connectivity index (χ4n) is 1.36. The monoisotopic (exact) mass is 281 g/mol. The number of pyridine rings is 1. The molecule has 0 spiro atoms. The first-order chi connectivity index (χ1) is 7.75. The minimum atomic E-state index is 0.810. The van der Waals surface area contributed by atoms with Gasteiger partial charge in [-0.25, -0.2) is 0 Å². The molecule has 1 N–H and O–H groups in total. The average molecular weight is 282 g/mol. The highest BCUT2D eigenvalue weighted by Gasteiger charge is 2.00. The number of anilines is 1. The molecule has 2 heterocycles. The minimum Gasteiger partial charge on any atom is -0.383 e. The van der Waals surface area contributed by atoms with E-state index in [1.165, 1.54) is 0 Å². The first-order valence-corrected chi connectivity index (χ1v) is 5.72. The van der Waals surface area contributed by atoms with Crippen molar-refractivity contribution in [2.24, 2.45) is 7.05 Å². The van der Waals surface area contributed by atoms with Crippen LogP contribution in [0, 0.1) is 0 Å². The molecule has 0 bridgehead atoms. The zero-order valence-corrected chi connectivity index (χ0v) is 10.5. The third-order valence-electron chi connectivity index (χ3n) is 2.19. The summed E-state index contributed by atoms with van der Waals surface area (Å²) in [6.45, 7) is 0.810. The van der Waals surface area contributed by atoms with Crippen LogP contribution in [-0.2, 0) is 13.5 Å². The summed E-state index contributed by atoms with van der Waals surface area (Å²) >= 11 is 3.38. The third kappa shape index (κ3) is 2.79. The molecule has 0 aliphatic carbocycles. The largest absolute Gasteiger partial charge is 0.383 e. The first-order valence-electron chi connectivity index (χ1n) is 4.93.